The first kappa shape index (κ1) is 16.4. The number of ether oxygens (including phenoxy) is 1. The predicted octanol–water partition coefficient (Wildman–Crippen LogP) is 1.55. The van der Waals surface area contributed by atoms with E-state index in [2.05, 4.69) is 10.1 Å². The topological polar surface area (TPSA) is 86.3 Å². The van der Waals surface area contributed by atoms with Gasteiger partial charge < -0.3 is 15.4 Å². The lowest BCUT2D eigenvalue weighted by Crippen LogP contribution is -2.42. The summed E-state index contributed by atoms with van der Waals surface area (Å²) in [6, 6.07) is 5.53. The van der Waals surface area contributed by atoms with Crippen LogP contribution in [0.4, 0.5) is 5.69 Å². The number of nitrogens with two attached hydrogens (primary N) is 1. The van der Waals surface area contributed by atoms with Crippen LogP contribution in [0.5, 0.6) is 0 Å². The lowest BCUT2D eigenvalue weighted by atomic mass is 10.1. The second kappa shape index (κ2) is 7.44. The Morgan fingerprint density at radius 3 is 3.08 bits per heavy atom. The van der Waals surface area contributed by atoms with Crippen LogP contribution in [-0.4, -0.2) is 45.3 Å². The molecule has 3 rings (SSSR count). The number of morpholine rings is 1. The molecule has 2 N–H and O–H groups in total. The van der Waals surface area contributed by atoms with Crippen molar-refractivity contribution in [3.05, 3.63) is 42.0 Å². The van der Waals surface area contributed by atoms with Crippen LogP contribution in [0.1, 0.15) is 30.3 Å². The third-order valence-corrected chi connectivity index (χ3v) is 4.08. The SMILES string of the molecule is Cc1cc(N)cc(C2CN(C(=O)CCCn3cccn3)CCO2)n1. The molecular weight excluding hydrogens is 306 g/mol. The summed E-state index contributed by atoms with van der Waals surface area (Å²) in [5.74, 6) is 0.149. The van der Waals surface area contributed by atoms with Crippen LogP contribution in [-0.2, 0) is 16.1 Å². The Morgan fingerprint density at radius 1 is 1.46 bits per heavy atom. The summed E-state index contributed by atoms with van der Waals surface area (Å²) in [7, 11) is 0. The standard InChI is InChI=1S/C17H23N5O2/c1-13-10-14(18)11-15(20-13)16-12-21(8-9-24-16)17(23)4-2-6-22-7-3-5-19-22/h3,5,7,10-11,16H,2,4,6,8-9,12H2,1H3,(H2,18,20). The molecule has 1 aliphatic rings. The summed E-state index contributed by atoms with van der Waals surface area (Å²) in [6.07, 6.45) is 4.72. The van der Waals surface area contributed by atoms with Crippen molar-refractivity contribution < 1.29 is 9.53 Å². The van der Waals surface area contributed by atoms with Gasteiger partial charge in [-0.1, -0.05) is 0 Å². The molecule has 24 heavy (non-hydrogen) atoms. The third kappa shape index (κ3) is 4.11. The van der Waals surface area contributed by atoms with Crippen LogP contribution in [0.15, 0.2) is 30.6 Å². The molecule has 0 radical (unpaired) electrons. The molecule has 0 aromatic carbocycles. The minimum Gasteiger partial charge on any atom is -0.399 e. The van der Waals surface area contributed by atoms with Gasteiger partial charge in [-0.25, -0.2) is 0 Å². The number of rotatable bonds is 5. The highest BCUT2D eigenvalue weighted by Crippen LogP contribution is 2.23. The number of amides is 1. The number of nitrogen functional groups attached to an aromatic ring is 1. The predicted molar refractivity (Wildman–Crippen MR) is 90.1 cm³/mol. The summed E-state index contributed by atoms with van der Waals surface area (Å²) < 4.78 is 7.63. The zero-order valence-corrected chi connectivity index (χ0v) is 13.9. The van der Waals surface area contributed by atoms with E-state index in [4.69, 9.17) is 10.5 Å². The van der Waals surface area contributed by atoms with E-state index < -0.39 is 0 Å². The zero-order chi connectivity index (χ0) is 16.9. The maximum absolute atomic E-state index is 12.4. The van der Waals surface area contributed by atoms with Gasteiger partial charge in [0, 0.05) is 43.3 Å². The van der Waals surface area contributed by atoms with E-state index in [-0.39, 0.29) is 12.0 Å². The normalized spacial score (nSPS) is 17.9. The Balaban J connectivity index is 1.55. The van der Waals surface area contributed by atoms with E-state index in [1.54, 1.807) is 6.20 Å². The van der Waals surface area contributed by atoms with E-state index in [9.17, 15) is 4.79 Å². The van der Waals surface area contributed by atoms with Crippen molar-refractivity contribution in [1.29, 1.82) is 0 Å². The molecule has 0 bridgehead atoms. The number of pyridine rings is 1. The molecule has 1 unspecified atom stereocenters. The highest BCUT2D eigenvalue weighted by Gasteiger charge is 2.26. The molecule has 0 saturated carbocycles. The number of nitrogens with zero attached hydrogens (tertiary/aromatic N) is 4. The van der Waals surface area contributed by atoms with Gasteiger partial charge in [0.25, 0.3) is 0 Å². The number of carbonyl (C=O) groups excluding carboxylic acids is 1. The first-order valence-corrected chi connectivity index (χ1v) is 8.22. The van der Waals surface area contributed by atoms with Crippen molar-refractivity contribution in [2.75, 3.05) is 25.4 Å². The van der Waals surface area contributed by atoms with Crippen molar-refractivity contribution in [3.8, 4) is 0 Å². The summed E-state index contributed by atoms with van der Waals surface area (Å²) in [4.78, 5) is 18.8. The monoisotopic (exact) mass is 329 g/mol. The Labute approximate surface area is 141 Å². The van der Waals surface area contributed by atoms with Gasteiger partial charge in [0.05, 0.1) is 18.8 Å². The molecule has 3 heterocycles. The van der Waals surface area contributed by atoms with Gasteiger partial charge in [0.15, 0.2) is 0 Å². The van der Waals surface area contributed by atoms with E-state index in [1.807, 2.05) is 40.9 Å². The van der Waals surface area contributed by atoms with E-state index in [0.717, 1.165) is 24.4 Å². The molecule has 1 atom stereocenters. The number of anilines is 1. The third-order valence-electron chi connectivity index (χ3n) is 4.08. The van der Waals surface area contributed by atoms with Crippen LogP contribution in [0.3, 0.4) is 0 Å². The molecule has 0 aliphatic carbocycles. The first-order chi connectivity index (χ1) is 11.6. The Kier molecular flexibility index (Phi) is 5.10. The molecule has 7 nitrogen and oxygen atoms in total. The van der Waals surface area contributed by atoms with Crippen molar-refractivity contribution >= 4 is 11.6 Å². The molecule has 0 spiro atoms. The zero-order valence-electron chi connectivity index (χ0n) is 13.9. The van der Waals surface area contributed by atoms with Gasteiger partial charge in [0.2, 0.25) is 5.91 Å². The van der Waals surface area contributed by atoms with Crippen LogP contribution in [0.2, 0.25) is 0 Å². The molecule has 1 fully saturated rings. The van der Waals surface area contributed by atoms with Crippen LogP contribution >= 0.6 is 0 Å². The summed E-state index contributed by atoms with van der Waals surface area (Å²) in [5.41, 5.74) is 8.21. The molecule has 128 valence electrons. The molecule has 2 aromatic rings. The molecule has 2 aromatic heterocycles. The lowest BCUT2D eigenvalue weighted by Gasteiger charge is -2.33. The number of hydrogen-bond acceptors (Lipinski definition) is 5. The number of aromatic nitrogens is 3. The lowest BCUT2D eigenvalue weighted by molar-refractivity contribution is -0.139. The second-order valence-corrected chi connectivity index (χ2v) is 6.04. The van der Waals surface area contributed by atoms with Crippen molar-refractivity contribution in [3.63, 3.8) is 0 Å². The fourth-order valence-electron chi connectivity index (χ4n) is 2.92. The van der Waals surface area contributed by atoms with E-state index in [0.29, 0.717) is 31.8 Å². The van der Waals surface area contributed by atoms with Gasteiger partial charge in [-0.2, -0.15) is 5.10 Å². The highest BCUT2D eigenvalue weighted by molar-refractivity contribution is 5.76. The minimum absolute atomic E-state index is 0.149. The Hall–Kier alpha value is -2.41. The first-order valence-electron chi connectivity index (χ1n) is 8.22. The van der Waals surface area contributed by atoms with Crippen LogP contribution in [0.25, 0.3) is 0 Å². The Bertz CT molecular complexity index is 666. The average Bonchev–Trinajstić information content (AvgIpc) is 3.07. The van der Waals surface area contributed by atoms with Crippen molar-refractivity contribution in [2.45, 2.75) is 32.4 Å². The molecule has 7 heteroatoms. The van der Waals surface area contributed by atoms with Crippen molar-refractivity contribution in [2.24, 2.45) is 0 Å². The quantitative estimate of drug-likeness (QED) is 0.899. The maximum Gasteiger partial charge on any atom is 0.222 e. The number of carbonyl (C=O) groups is 1. The van der Waals surface area contributed by atoms with Crippen LogP contribution < -0.4 is 5.73 Å². The van der Waals surface area contributed by atoms with Crippen LogP contribution in [0, 0.1) is 6.92 Å². The van der Waals surface area contributed by atoms with E-state index in [1.165, 1.54) is 0 Å². The van der Waals surface area contributed by atoms with Gasteiger partial charge in [-0.3, -0.25) is 14.5 Å². The second-order valence-electron chi connectivity index (χ2n) is 6.04. The highest BCUT2D eigenvalue weighted by atomic mass is 16.5. The molecular formula is C17H23N5O2. The van der Waals surface area contributed by atoms with Gasteiger partial charge >= 0.3 is 0 Å². The van der Waals surface area contributed by atoms with Crippen molar-refractivity contribution in [1.82, 2.24) is 19.7 Å². The summed E-state index contributed by atoms with van der Waals surface area (Å²) in [5, 5.41) is 4.15. The van der Waals surface area contributed by atoms with Gasteiger partial charge in [-0.15, -0.1) is 0 Å². The minimum atomic E-state index is -0.212. The largest absolute Gasteiger partial charge is 0.399 e. The number of hydrogen-bond donors (Lipinski definition) is 1. The van der Waals surface area contributed by atoms with E-state index >= 15 is 0 Å². The average molecular weight is 329 g/mol. The fraction of sp³-hybridized carbons (Fsp3) is 0.471. The summed E-state index contributed by atoms with van der Waals surface area (Å²) in [6.45, 7) is 4.32. The smallest absolute Gasteiger partial charge is 0.222 e. The number of aryl methyl sites for hydroxylation is 2. The van der Waals surface area contributed by atoms with Gasteiger partial charge in [0.1, 0.15) is 6.10 Å². The molecule has 1 amide bonds. The molecule has 1 saturated heterocycles. The maximum atomic E-state index is 12.4. The Morgan fingerprint density at radius 2 is 2.33 bits per heavy atom. The van der Waals surface area contributed by atoms with Gasteiger partial charge in [-0.05, 0) is 31.5 Å². The molecule has 1 aliphatic heterocycles. The summed E-state index contributed by atoms with van der Waals surface area (Å²) >= 11 is 0. The fourth-order valence-corrected chi connectivity index (χ4v) is 2.92.